The van der Waals surface area contributed by atoms with Gasteiger partial charge in [-0.3, -0.25) is 0 Å². The molecule has 2 N–H and O–H groups in total. The lowest BCUT2D eigenvalue weighted by Gasteiger charge is -2.25. The van der Waals surface area contributed by atoms with E-state index < -0.39 is 5.60 Å². The van der Waals surface area contributed by atoms with Gasteiger partial charge in [0, 0.05) is 6.04 Å². The predicted molar refractivity (Wildman–Crippen MR) is 81.5 cm³/mol. The summed E-state index contributed by atoms with van der Waals surface area (Å²) in [6.07, 6.45) is 1.33. The molecule has 0 aromatic heterocycles. The van der Waals surface area contributed by atoms with E-state index in [0.717, 1.165) is 5.56 Å². The summed E-state index contributed by atoms with van der Waals surface area (Å²) in [6.45, 7) is 6.28. The van der Waals surface area contributed by atoms with Crippen LogP contribution in [0.2, 0.25) is 0 Å². The van der Waals surface area contributed by atoms with Crippen molar-refractivity contribution in [1.82, 2.24) is 5.32 Å². The first-order valence-electron chi connectivity index (χ1n) is 7.20. The fraction of sp³-hybridized carbons (Fsp3) is 0.625. The average molecular weight is 281 g/mol. The summed E-state index contributed by atoms with van der Waals surface area (Å²) in [5.74, 6) is 1.36. The molecule has 4 heteroatoms. The van der Waals surface area contributed by atoms with Crippen LogP contribution in [0, 0.1) is 0 Å². The Balaban J connectivity index is 2.85. The van der Waals surface area contributed by atoms with Crippen LogP contribution in [-0.2, 0) is 0 Å². The van der Waals surface area contributed by atoms with Crippen LogP contribution in [0.5, 0.6) is 11.5 Å². The van der Waals surface area contributed by atoms with Crippen molar-refractivity contribution in [3.05, 3.63) is 23.8 Å². The summed E-state index contributed by atoms with van der Waals surface area (Å²) in [7, 11) is 3.55. The van der Waals surface area contributed by atoms with Crippen molar-refractivity contribution in [3.8, 4) is 11.5 Å². The zero-order valence-electron chi connectivity index (χ0n) is 13.2. The minimum Gasteiger partial charge on any atom is -0.493 e. The first kappa shape index (κ1) is 16.8. The largest absolute Gasteiger partial charge is 0.493 e. The molecule has 114 valence electrons. The highest BCUT2D eigenvalue weighted by atomic mass is 16.5. The van der Waals surface area contributed by atoms with Gasteiger partial charge in [0.2, 0.25) is 0 Å². The molecule has 0 amide bonds. The van der Waals surface area contributed by atoms with Gasteiger partial charge in [-0.1, -0.05) is 19.9 Å². The third kappa shape index (κ3) is 4.12. The molecule has 0 saturated heterocycles. The van der Waals surface area contributed by atoms with Crippen molar-refractivity contribution in [2.24, 2.45) is 0 Å². The van der Waals surface area contributed by atoms with Crippen LogP contribution in [0.15, 0.2) is 18.2 Å². The Kier molecular flexibility index (Phi) is 6.30. The van der Waals surface area contributed by atoms with Crippen LogP contribution in [-0.4, -0.2) is 31.5 Å². The molecule has 1 aromatic rings. The number of hydrogen-bond acceptors (Lipinski definition) is 4. The highest BCUT2D eigenvalue weighted by Crippen LogP contribution is 2.31. The van der Waals surface area contributed by atoms with Crippen LogP contribution >= 0.6 is 0 Å². The molecule has 0 heterocycles. The van der Waals surface area contributed by atoms with Crippen molar-refractivity contribution in [3.63, 3.8) is 0 Å². The Bertz CT molecular complexity index is 416. The van der Waals surface area contributed by atoms with Crippen LogP contribution < -0.4 is 14.8 Å². The number of hydrogen-bond donors (Lipinski definition) is 2. The Morgan fingerprint density at radius 3 is 2.40 bits per heavy atom. The van der Waals surface area contributed by atoms with Gasteiger partial charge in [0.1, 0.15) is 6.61 Å². The normalized spacial score (nSPS) is 13.1. The maximum Gasteiger partial charge on any atom is 0.161 e. The average Bonchev–Trinajstić information content (AvgIpc) is 2.51. The van der Waals surface area contributed by atoms with Gasteiger partial charge in [0.15, 0.2) is 11.5 Å². The van der Waals surface area contributed by atoms with E-state index in [0.29, 0.717) is 24.3 Å². The fourth-order valence-electron chi connectivity index (χ4n) is 1.91. The summed E-state index contributed by atoms with van der Waals surface area (Å²) in [4.78, 5) is 0. The number of nitrogens with one attached hydrogen (secondary N) is 1. The molecular weight excluding hydrogens is 254 g/mol. The van der Waals surface area contributed by atoms with E-state index in [4.69, 9.17) is 9.47 Å². The summed E-state index contributed by atoms with van der Waals surface area (Å²) >= 11 is 0. The van der Waals surface area contributed by atoms with E-state index in [1.54, 1.807) is 7.11 Å². The maximum absolute atomic E-state index is 10.3. The highest BCUT2D eigenvalue weighted by Gasteiger charge is 2.23. The molecule has 1 aromatic carbocycles. The van der Waals surface area contributed by atoms with E-state index in [-0.39, 0.29) is 12.6 Å². The van der Waals surface area contributed by atoms with Crippen molar-refractivity contribution >= 4 is 0 Å². The zero-order chi connectivity index (χ0) is 15.2. The number of methoxy groups -OCH3 is 1. The third-order valence-electron chi connectivity index (χ3n) is 3.93. The van der Waals surface area contributed by atoms with E-state index in [1.165, 1.54) is 0 Å². The van der Waals surface area contributed by atoms with Crippen LogP contribution in [0.4, 0.5) is 0 Å². The second-order valence-electron chi connectivity index (χ2n) is 5.14. The molecule has 0 fully saturated rings. The van der Waals surface area contributed by atoms with Crippen molar-refractivity contribution in [2.75, 3.05) is 20.8 Å². The molecule has 1 unspecified atom stereocenters. The smallest absolute Gasteiger partial charge is 0.161 e. The van der Waals surface area contributed by atoms with Crippen LogP contribution in [0.3, 0.4) is 0 Å². The first-order valence-corrected chi connectivity index (χ1v) is 7.20. The summed E-state index contributed by atoms with van der Waals surface area (Å²) < 4.78 is 11.1. The Morgan fingerprint density at radius 2 is 1.90 bits per heavy atom. The molecule has 0 aliphatic carbocycles. The molecule has 0 bridgehead atoms. The molecule has 0 saturated carbocycles. The molecule has 20 heavy (non-hydrogen) atoms. The zero-order valence-corrected chi connectivity index (χ0v) is 13.2. The minimum absolute atomic E-state index is 0.251. The van der Waals surface area contributed by atoms with E-state index in [1.807, 2.05) is 39.1 Å². The second-order valence-corrected chi connectivity index (χ2v) is 5.14. The van der Waals surface area contributed by atoms with Gasteiger partial charge in [-0.2, -0.15) is 0 Å². The maximum atomic E-state index is 10.3. The molecule has 0 spiro atoms. The summed E-state index contributed by atoms with van der Waals surface area (Å²) in [6, 6.07) is 6.12. The molecule has 1 rings (SSSR count). The van der Waals surface area contributed by atoms with Gasteiger partial charge in [0.05, 0.1) is 12.7 Å². The number of benzene rings is 1. The van der Waals surface area contributed by atoms with Gasteiger partial charge >= 0.3 is 0 Å². The lowest BCUT2D eigenvalue weighted by molar-refractivity contribution is -0.0119. The second kappa shape index (κ2) is 7.50. The SMILES string of the molecule is CCC(O)(CC)COc1ccc(C(C)NC)cc1OC. The lowest BCUT2D eigenvalue weighted by atomic mass is 9.99. The Hall–Kier alpha value is -1.26. The Labute approximate surface area is 122 Å². The fourth-order valence-corrected chi connectivity index (χ4v) is 1.91. The lowest BCUT2D eigenvalue weighted by Crippen LogP contribution is -2.34. The number of ether oxygens (including phenoxy) is 2. The van der Waals surface area contributed by atoms with E-state index in [9.17, 15) is 5.11 Å². The molecule has 1 atom stereocenters. The monoisotopic (exact) mass is 281 g/mol. The van der Waals surface area contributed by atoms with Crippen molar-refractivity contribution < 1.29 is 14.6 Å². The van der Waals surface area contributed by atoms with Crippen LogP contribution in [0.25, 0.3) is 0 Å². The summed E-state index contributed by atoms with van der Waals surface area (Å²) in [5, 5.41) is 13.4. The van der Waals surface area contributed by atoms with Crippen LogP contribution in [0.1, 0.15) is 45.2 Å². The predicted octanol–water partition coefficient (Wildman–Crippen LogP) is 2.91. The van der Waals surface area contributed by atoms with E-state index in [2.05, 4.69) is 12.2 Å². The summed E-state index contributed by atoms with van der Waals surface area (Å²) in [5.41, 5.74) is 0.361. The van der Waals surface area contributed by atoms with Gasteiger partial charge in [0.25, 0.3) is 0 Å². The first-order chi connectivity index (χ1) is 9.49. The molecule has 0 radical (unpaired) electrons. The van der Waals surface area contributed by atoms with Gasteiger partial charge in [-0.05, 0) is 44.5 Å². The van der Waals surface area contributed by atoms with E-state index >= 15 is 0 Å². The Morgan fingerprint density at radius 1 is 1.25 bits per heavy atom. The molecule has 0 aliphatic rings. The van der Waals surface area contributed by atoms with Gasteiger partial charge in [-0.15, -0.1) is 0 Å². The molecular formula is C16H27NO3. The topological polar surface area (TPSA) is 50.7 Å². The van der Waals surface area contributed by atoms with Crippen molar-refractivity contribution in [1.29, 1.82) is 0 Å². The van der Waals surface area contributed by atoms with Crippen molar-refractivity contribution in [2.45, 2.75) is 45.3 Å². The van der Waals surface area contributed by atoms with Gasteiger partial charge in [-0.25, -0.2) is 0 Å². The minimum atomic E-state index is -0.776. The molecule has 4 nitrogen and oxygen atoms in total. The number of aliphatic hydroxyl groups is 1. The highest BCUT2D eigenvalue weighted by molar-refractivity contribution is 5.43. The number of rotatable bonds is 8. The third-order valence-corrected chi connectivity index (χ3v) is 3.93. The standard InChI is InChI=1S/C16H27NO3/c1-6-16(18,7-2)11-20-14-9-8-13(12(3)17-4)10-15(14)19-5/h8-10,12,17-18H,6-7,11H2,1-5H3. The van der Waals surface area contributed by atoms with Gasteiger partial charge < -0.3 is 19.9 Å². The molecule has 0 aliphatic heterocycles. The quantitative estimate of drug-likeness (QED) is 0.769.